The van der Waals surface area contributed by atoms with Crippen LogP contribution in [0.15, 0.2) is 18.2 Å². The number of halogens is 1. The molecular weight excluding hydrogens is 197 g/mol. The molecule has 0 bridgehead atoms. The molecule has 2 rings (SSSR count). The molecule has 1 saturated heterocycles. The van der Waals surface area contributed by atoms with Gasteiger partial charge in [-0.15, -0.1) is 0 Å². The fourth-order valence-electron chi connectivity index (χ4n) is 1.59. The normalized spacial score (nSPS) is 21.2. The van der Waals surface area contributed by atoms with Gasteiger partial charge in [0.05, 0.1) is 0 Å². The summed E-state index contributed by atoms with van der Waals surface area (Å²) in [6.45, 7) is 2.16. The number of carbonyl (C=O) groups is 1. The Morgan fingerprint density at radius 1 is 1.53 bits per heavy atom. The summed E-state index contributed by atoms with van der Waals surface area (Å²) < 4.78 is 18.8. The fraction of sp³-hybridized carbons (Fsp3) is 0.364. The van der Waals surface area contributed by atoms with Gasteiger partial charge in [0.1, 0.15) is 18.5 Å². The molecule has 1 aromatic carbocycles. The van der Waals surface area contributed by atoms with Gasteiger partial charge in [-0.1, -0.05) is 12.1 Å². The maximum Gasteiger partial charge on any atom is 0.246 e. The van der Waals surface area contributed by atoms with Gasteiger partial charge in [-0.2, -0.15) is 0 Å². The van der Waals surface area contributed by atoms with E-state index in [4.69, 9.17) is 4.74 Å². The smallest absolute Gasteiger partial charge is 0.246 e. The van der Waals surface area contributed by atoms with Gasteiger partial charge in [-0.25, -0.2) is 4.39 Å². The summed E-state index contributed by atoms with van der Waals surface area (Å²) in [6.07, 6.45) is -0.372. The first-order chi connectivity index (χ1) is 7.16. The third-order valence-electron chi connectivity index (χ3n) is 2.40. The summed E-state index contributed by atoms with van der Waals surface area (Å²) in [5, 5.41) is 2.64. The molecule has 1 aromatic rings. The van der Waals surface area contributed by atoms with Crippen molar-refractivity contribution in [3.8, 4) is 0 Å². The van der Waals surface area contributed by atoms with Crippen LogP contribution in [-0.4, -0.2) is 19.1 Å². The van der Waals surface area contributed by atoms with Crippen LogP contribution in [0.25, 0.3) is 0 Å². The molecule has 0 radical (unpaired) electrons. The summed E-state index contributed by atoms with van der Waals surface area (Å²) in [7, 11) is 0. The Morgan fingerprint density at radius 3 is 2.93 bits per heavy atom. The van der Waals surface area contributed by atoms with Crippen molar-refractivity contribution < 1.29 is 13.9 Å². The highest BCUT2D eigenvalue weighted by molar-refractivity contribution is 5.77. The monoisotopic (exact) mass is 209 g/mol. The van der Waals surface area contributed by atoms with Crippen LogP contribution in [0, 0.1) is 12.7 Å². The lowest BCUT2D eigenvalue weighted by atomic mass is 10.1. The minimum atomic E-state index is -0.372. The third kappa shape index (κ3) is 2.15. The van der Waals surface area contributed by atoms with Gasteiger partial charge in [0, 0.05) is 12.1 Å². The van der Waals surface area contributed by atoms with Gasteiger partial charge >= 0.3 is 0 Å². The Morgan fingerprint density at radius 2 is 2.33 bits per heavy atom. The van der Waals surface area contributed by atoms with E-state index >= 15 is 0 Å². The molecule has 3 nitrogen and oxygen atoms in total. The Hall–Kier alpha value is -1.42. The molecule has 1 atom stereocenters. The molecular formula is C11H12FNO2. The van der Waals surface area contributed by atoms with E-state index in [-0.39, 0.29) is 24.4 Å². The van der Waals surface area contributed by atoms with Crippen molar-refractivity contribution in [3.63, 3.8) is 0 Å². The quantitative estimate of drug-likeness (QED) is 0.757. The summed E-state index contributed by atoms with van der Waals surface area (Å²) >= 11 is 0. The lowest BCUT2D eigenvalue weighted by molar-refractivity contribution is -0.133. The topological polar surface area (TPSA) is 38.3 Å². The molecule has 0 saturated carbocycles. The highest BCUT2D eigenvalue weighted by Crippen LogP contribution is 2.22. The summed E-state index contributed by atoms with van der Waals surface area (Å²) in [4.78, 5) is 10.8. The number of hydrogen-bond donors (Lipinski definition) is 1. The number of nitrogens with one attached hydrogen (secondary N) is 1. The number of amides is 1. The summed E-state index contributed by atoms with van der Waals surface area (Å²) in [5.74, 6) is -0.435. The maximum absolute atomic E-state index is 13.5. The van der Waals surface area contributed by atoms with Crippen molar-refractivity contribution in [1.82, 2.24) is 5.32 Å². The van der Waals surface area contributed by atoms with Crippen LogP contribution in [0.3, 0.4) is 0 Å². The molecule has 1 amide bonds. The molecule has 1 aliphatic heterocycles. The van der Waals surface area contributed by atoms with Crippen LogP contribution in [0.4, 0.5) is 4.39 Å². The second-order valence-electron chi connectivity index (χ2n) is 3.63. The first-order valence-corrected chi connectivity index (χ1v) is 4.81. The van der Waals surface area contributed by atoms with Crippen molar-refractivity contribution in [1.29, 1.82) is 0 Å². The second kappa shape index (κ2) is 3.98. The number of carbonyl (C=O) groups excluding carboxylic acids is 1. The van der Waals surface area contributed by atoms with Crippen LogP contribution in [0.2, 0.25) is 0 Å². The van der Waals surface area contributed by atoms with Gasteiger partial charge in [0.15, 0.2) is 0 Å². The van der Waals surface area contributed by atoms with Gasteiger partial charge in [0.2, 0.25) is 5.91 Å². The average molecular weight is 209 g/mol. The minimum absolute atomic E-state index is 0.00200. The van der Waals surface area contributed by atoms with E-state index in [2.05, 4.69) is 5.32 Å². The van der Waals surface area contributed by atoms with Crippen LogP contribution >= 0.6 is 0 Å². The molecule has 1 unspecified atom stereocenters. The Kier molecular flexibility index (Phi) is 2.68. The highest BCUT2D eigenvalue weighted by Gasteiger charge is 2.22. The molecule has 1 fully saturated rings. The molecule has 1 heterocycles. The fourth-order valence-corrected chi connectivity index (χ4v) is 1.59. The van der Waals surface area contributed by atoms with Crippen molar-refractivity contribution >= 4 is 5.91 Å². The van der Waals surface area contributed by atoms with Gasteiger partial charge < -0.3 is 10.1 Å². The van der Waals surface area contributed by atoms with E-state index < -0.39 is 0 Å². The zero-order chi connectivity index (χ0) is 10.8. The molecule has 4 heteroatoms. The Bertz CT molecular complexity index is 382. The van der Waals surface area contributed by atoms with Gasteiger partial charge in [-0.05, 0) is 18.6 Å². The van der Waals surface area contributed by atoms with Crippen molar-refractivity contribution in [2.24, 2.45) is 0 Å². The summed E-state index contributed by atoms with van der Waals surface area (Å²) in [5.41, 5.74) is 1.37. The Balaban J connectivity index is 2.19. The highest BCUT2D eigenvalue weighted by atomic mass is 19.1. The van der Waals surface area contributed by atoms with Crippen molar-refractivity contribution in [2.45, 2.75) is 13.0 Å². The third-order valence-corrected chi connectivity index (χ3v) is 2.40. The maximum atomic E-state index is 13.5. The van der Waals surface area contributed by atoms with Crippen molar-refractivity contribution in [3.05, 3.63) is 35.1 Å². The zero-order valence-corrected chi connectivity index (χ0v) is 8.42. The number of rotatable bonds is 1. The molecule has 0 aliphatic carbocycles. The zero-order valence-electron chi connectivity index (χ0n) is 8.42. The van der Waals surface area contributed by atoms with Gasteiger partial charge in [-0.3, -0.25) is 4.79 Å². The lowest BCUT2D eigenvalue weighted by Gasteiger charge is -2.23. The predicted octanol–water partition coefficient (Wildman–Crippen LogP) is 1.32. The first kappa shape index (κ1) is 10.1. The average Bonchev–Trinajstić information content (AvgIpc) is 2.20. The SMILES string of the molecule is Cc1ccc(C2CNC(=O)CO2)c(F)c1. The van der Waals surface area contributed by atoms with E-state index in [0.717, 1.165) is 5.56 Å². The minimum Gasteiger partial charge on any atom is -0.362 e. The van der Waals surface area contributed by atoms with Crippen LogP contribution in [-0.2, 0) is 9.53 Å². The van der Waals surface area contributed by atoms with E-state index in [0.29, 0.717) is 12.1 Å². The number of benzene rings is 1. The largest absolute Gasteiger partial charge is 0.362 e. The van der Waals surface area contributed by atoms with E-state index in [9.17, 15) is 9.18 Å². The number of ether oxygens (including phenoxy) is 1. The lowest BCUT2D eigenvalue weighted by Crippen LogP contribution is -2.38. The predicted molar refractivity (Wildman–Crippen MR) is 52.8 cm³/mol. The molecule has 0 aromatic heterocycles. The van der Waals surface area contributed by atoms with E-state index in [1.54, 1.807) is 6.07 Å². The molecule has 1 aliphatic rings. The van der Waals surface area contributed by atoms with Crippen LogP contribution < -0.4 is 5.32 Å². The van der Waals surface area contributed by atoms with Gasteiger partial charge in [0.25, 0.3) is 0 Å². The standard InChI is InChI=1S/C11H12FNO2/c1-7-2-3-8(9(12)4-7)10-5-13-11(14)6-15-10/h2-4,10H,5-6H2,1H3,(H,13,14). The first-order valence-electron chi connectivity index (χ1n) is 4.81. The Labute approximate surface area is 87.2 Å². The van der Waals surface area contributed by atoms with Crippen LogP contribution in [0.5, 0.6) is 0 Å². The van der Waals surface area contributed by atoms with Crippen LogP contribution in [0.1, 0.15) is 17.2 Å². The molecule has 0 spiro atoms. The molecule has 15 heavy (non-hydrogen) atoms. The van der Waals surface area contributed by atoms with E-state index in [1.807, 2.05) is 13.0 Å². The second-order valence-corrected chi connectivity index (χ2v) is 3.63. The number of hydrogen-bond acceptors (Lipinski definition) is 2. The summed E-state index contributed by atoms with van der Waals surface area (Å²) in [6, 6.07) is 5.00. The van der Waals surface area contributed by atoms with E-state index in [1.165, 1.54) is 6.07 Å². The number of aryl methyl sites for hydroxylation is 1. The number of morpholine rings is 1. The van der Waals surface area contributed by atoms with Crippen molar-refractivity contribution in [2.75, 3.05) is 13.2 Å². The molecule has 80 valence electrons. The molecule has 1 N–H and O–H groups in total.